The summed E-state index contributed by atoms with van der Waals surface area (Å²) in [6, 6.07) is 0. The SMILES string of the molecule is CCC(OS)C(C)(C)[C@@H](O)[C@@H](O)/C(C)=C(\C)[C@H](C)OSC. The van der Waals surface area contributed by atoms with Crippen molar-refractivity contribution in [2.75, 3.05) is 6.26 Å². The molecule has 1 unspecified atom stereocenters. The Morgan fingerprint density at radius 1 is 1.24 bits per heavy atom. The van der Waals surface area contributed by atoms with E-state index in [1.165, 1.54) is 12.0 Å². The van der Waals surface area contributed by atoms with Gasteiger partial charge in [0.25, 0.3) is 0 Å². The molecule has 4 nitrogen and oxygen atoms in total. The lowest BCUT2D eigenvalue weighted by atomic mass is 9.75. The molecule has 0 aliphatic rings. The van der Waals surface area contributed by atoms with E-state index in [1.54, 1.807) is 0 Å². The summed E-state index contributed by atoms with van der Waals surface area (Å²) >= 11 is 5.16. The first-order valence-electron chi connectivity index (χ1n) is 7.18. The van der Waals surface area contributed by atoms with Crippen LogP contribution in [0.2, 0.25) is 0 Å². The Morgan fingerprint density at radius 3 is 2.14 bits per heavy atom. The van der Waals surface area contributed by atoms with E-state index in [0.717, 1.165) is 11.1 Å². The number of hydrogen-bond acceptors (Lipinski definition) is 6. The van der Waals surface area contributed by atoms with Gasteiger partial charge in [-0.15, -0.1) is 0 Å². The van der Waals surface area contributed by atoms with Crippen LogP contribution in [0.4, 0.5) is 0 Å². The smallest absolute Gasteiger partial charge is 0.102 e. The summed E-state index contributed by atoms with van der Waals surface area (Å²) in [6.45, 7) is 11.4. The molecule has 0 aromatic carbocycles. The molecule has 0 aliphatic heterocycles. The van der Waals surface area contributed by atoms with Crippen LogP contribution in [-0.4, -0.2) is 40.9 Å². The molecule has 4 atom stereocenters. The topological polar surface area (TPSA) is 58.9 Å². The minimum absolute atomic E-state index is 0.118. The molecule has 0 heterocycles. The molecule has 0 saturated carbocycles. The van der Waals surface area contributed by atoms with E-state index in [-0.39, 0.29) is 12.2 Å². The van der Waals surface area contributed by atoms with Crippen molar-refractivity contribution in [2.24, 2.45) is 5.41 Å². The summed E-state index contributed by atoms with van der Waals surface area (Å²) in [4.78, 5) is 0. The van der Waals surface area contributed by atoms with Gasteiger partial charge in [-0.25, -0.2) is 0 Å². The van der Waals surface area contributed by atoms with Crippen molar-refractivity contribution in [3.05, 3.63) is 11.1 Å². The maximum Gasteiger partial charge on any atom is 0.102 e. The standard InChI is InChI=1S/C15H30O4S2/c1-8-12(18-20)15(5,6)14(17)13(16)10(3)9(2)11(4)19-21-7/h11-14,16-17,20H,8H2,1-7H3/b10-9+/t11-,12?,13-,14-/m0/s1. The Bertz CT molecular complexity index is 341. The molecule has 0 bridgehead atoms. The average molecular weight is 339 g/mol. The molecule has 0 aliphatic carbocycles. The fourth-order valence-corrected chi connectivity index (χ4v) is 3.19. The highest BCUT2D eigenvalue weighted by atomic mass is 32.2. The Hall–Kier alpha value is 0.280. The zero-order valence-corrected chi connectivity index (χ0v) is 15.8. The quantitative estimate of drug-likeness (QED) is 0.342. The lowest BCUT2D eigenvalue weighted by Gasteiger charge is -2.39. The van der Waals surface area contributed by atoms with Gasteiger partial charge in [0.15, 0.2) is 0 Å². The monoisotopic (exact) mass is 338 g/mol. The van der Waals surface area contributed by atoms with Gasteiger partial charge < -0.3 is 18.6 Å². The molecule has 0 rings (SSSR count). The molecule has 0 aromatic rings. The van der Waals surface area contributed by atoms with E-state index >= 15 is 0 Å². The van der Waals surface area contributed by atoms with Gasteiger partial charge >= 0.3 is 0 Å². The largest absolute Gasteiger partial charge is 0.389 e. The predicted octanol–water partition coefficient (Wildman–Crippen LogP) is 3.39. The van der Waals surface area contributed by atoms with Gasteiger partial charge in [-0.2, -0.15) is 0 Å². The second-order valence-electron chi connectivity index (χ2n) is 5.98. The second-order valence-corrected chi connectivity index (χ2v) is 6.72. The van der Waals surface area contributed by atoms with Gasteiger partial charge in [0, 0.05) is 11.7 Å². The normalized spacial score (nSPS) is 19.7. The van der Waals surface area contributed by atoms with Gasteiger partial charge in [0.05, 0.1) is 18.3 Å². The van der Waals surface area contributed by atoms with Crippen molar-refractivity contribution >= 4 is 25.0 Å². The van der Waals surface area contributed by atoms with Crippen LogP contribution in [0, 0.1) is 5.41 Å². The van der Waals surface area contributed by atoms with Gasteiger partial charge in [-0.05, 0) is 63.3 Å². The third-order valence-corrected chi connectivity index (χ3v) is 5.04. The van der Waals surface area contributed by atoms with Crippen molar-refractivity contribution in [1.29, 1.82) is 0 Å². The molecule has 0 fully saturated rings. The highest BCUT2D eigenvalue weighted by Crippen LogP contribution is 2.34. The highest BCUT2D eigenvalue weighted by Gasteiger charge is 2.41. The molecule has 0 spiro atoms. The Morgan fingerprint density at radius 2 is 1.76 bits per heavy atom. The molecule has 0 amide bonds. The molecule has 0 saturated heterocycles. The average Bonchev–Trinajstić information content (AvgIpc) is 2.45. The second kappa shape index (κ2) is 9.43. The third-order valence-electron chi connectivity index (χ3n) is 4.31. The van der Waals surface area contributed by atoms with E-state index < -0.39 is 17.6 Å². The molecule has 6 heteroatoms. The van der Waals surface area contributed by atoms with Crippen LogP contribution in [0.25, 0.3) is 0 Å². The molecular weight excluding hydrogens is 308 g/mol. The van der Waals surface area contributed by atoms with Crippen LogP contribution in [0.5, 0.6) is 0 Å². The zero-order chi connectivity index (χ0) is 16.8. The van der Waals surface area contributed by atoms with Gasteiger partial charge in [0.2, 0.25) is 0 Å². The Balaban J connectivity index is 5.22. The fraction of sp³-hybridized carbons (Fsp3) is 0.867. The Labute approximate surface area is 139 Å². The minimum atomic E-state index is -0.967. The van der Waals surface area contributed by atoms with Crippen LogP contribution in [-0.2, 0) is 8.37 Å². The van der Waals surface area contributed by atoms with Crippen molar-refractivity contribution in [3.63, 3.8) is 0 Å². The molecule has 21 heavy (non-hydrogen) atoms. The number of aliphatic hydroxyl groups excluding tert-OH is 2. The number of thiol groups is 1. The van der Waals surface area contributed by atoms with Gasteiger partial charge in [0.1, 0.15) is 6.10 Å². The van der Waals surface area contributed by atoms with E-state index in [2.05, 4.69) is 12.9 Å². The summed E-state index contributed by atoms with van der Waals surface area (Å²) in [5, 5.41) is 21.1. The van der Waals surface area contributed by atoms with Gasteiger partial charge in [-0.3, -0.25) is 0 Å². The summed E-state index contributed by atoms with van der Waals surface area (Å²) < 4.78 is 10.6. The zero-order valence-electron chi connectivity index (χ0n) is 14.1. The summed E-state index contributed by atoms with van der Waals surface area (Å²) in [6.07, 6.45) is 0.264. The van der Waals surface area contributed by atoms with E-state index in [0.29, 0.717) is 6.42 Å². The summed E-state index contributed by atoms with van der Waals surface area (Å²) in [5.74, 6) is 0. The molecule has 126 valence electrons. The minimum Gasteiger partial charge on any atom is -0.389 e. The van der Waals surface area contributed by atoms with E-state index in [1.807, 2.05) is 47.8 Å². The van der Waals surface area contributed by atoms with Crippen LogP contribution < -0.4 is 0 Å². The van der Waals surface area contributed by atoms with Crippen molar-refractivity contribution in [1.82, 2.24) is 0 Å². The first-order chi connectivity index (χ1) is 9.64. The maximum atomic E-state index is 10.6. The van der Waals surface area contributed by atoms with Crippen LogP contribution >= 0.6 is 25.0 Å². The lowest BCUT2D eigenvalue weighted by Crippen LogP contribution is -2.47. The number of aliphatic hydroxyl groups is 2. The number of rotatable bonds is 9. The van der Waals surface area contributed by atoms with Crippen molar-refractivity contribution in [3.8, 4) is 0 Å². The van der Waals surface area contributed by atoms with Crippen LogP contribution in [0.1, 0.15) is 48.0 Å². The lowest BCUT2D eigenvalue weighted by molar-refractivity contribution is -0.0800. The number of hydrogen-bond donors (Lipinski definition) is 3. The van der Waals surface area contributed by atoms with Crippen LogP contribution in [0.3, 0.4) is 0 Å². The summed E-state index contributed by atoms with van der Waals surface area (Å²) in [7, 11) is 0. The molecule has 0 aromatic heterocycles. The molecule has 0 radical (unpaired) electrons. The first kappa shape index (κ1) is 21.3. The van der Waals surface area contributed by atoms with Crippen molar-refractivity contribution in [2.45, 2.75) is 72.4 Å². The van der Waals surface area contributed by atoms with E-state index in [9.17, 15) is 10.2 Å². The predicted molar refractivity (Wildman–Crippen MR) is 92.4 cm³/mol. The first-order valence-corrected chi connectivity index (χ1v) is 8.69. The maximum absolute atomic E-state index is 10.6. The van der Waals surface area contributed by atoms with Crippen molar-refractivity contribution < 1.29 is 18.6 Å². The molecular formula is C15H30O4S2. The van der Waals surface area contributed by atoms with Crippen LogP contribution in [0.15, 0.2) is 11.1 Å². The Kier molecular flexibility index (Phi) is 9.55. The highest BCUT2D eigenvalue weighted by molar-refractivity contribution is 7.93. The van der Waals surface area contributed by atoms with E-state index in [4.69, 9.17) is 8.37 Å². The summed E-state index contributed by atoms with van der Waals surface area (Å²) in [5.41, 5.74) is 1.03. The third kappa shape index (κ3) is 5.44. The van der Waals surface area contributed by atoms with Gasteiger partial charge in [-0.1, -0.05) is 20.8 Å². The molecule has 2 N–H and O–H groups in total. The fourth-order valence-electron chi connectivity index (χ4n) is 2.34.